The number of rotatable bonds is 5. The fourth-order valence-corrected chi connectivity index (χ4v) is 2.42. The van der Waals surface area contributed by atoms with Crippen LogP contribution in [-0.2, 0) is 9.59 Å². The Balaban J connectivity index is 1.56. The molecule has 2 aromatic rings. The number of ether oxygens (including phenoxy) is 1. The van der Waals surface area contributed by atoms with Crippen LogP contribution in [0.15, 0.2) is 54.6 Å². The Morgan fingerprint density at radius 2 is 1.80 bits per heavy atom. The number of carbonyl (C=O) groups is 3. The van der Waals surface area contributed by atoms with E-state index in [1.165, 1.54) is 7.05 Å². The monoisotopic (exact) mass is 339 g/mol. The first-order valence-corrected chi connectivity index (χ1v) is 7.70. The Morgan fingerprint density at radius 1 is 1.12 bits per heavy atom. The summed E-state index contributed by atoms with van der Waals surface area (Å²) >= 11 is 0. The van der Waals surface area contributed by atoms with Crippen molar-refractivity contribution in [3.8, 4) is 5.75 Å². The summed E-state index contributed by atoms with van der Waals surface area (Å²) in [6, 6.07) is 14.7. The number of hydrogen-bond acceptors (Lipinski definition) is 4. The first kappa shape index (κ1) is 16.5. The van der Waals surface area contributed by atoms with E-state index in [4.69, 9.17) is 4.74 Å². The van der Waals surface area contributed by atoms with Crippen LogP contribution < -0.4 is 15.4 Å². The summed E-state index contributed by atoms with van der Waals surface area (Å²) in [5.41, 5.74) is 1.23. The van der Waals surface area contributed by atoms with E-state index < -0.39 is 12.1 Å². The first-order valence-electron chi connectivity index (χ1n) is 7.70. The minimum absolute atomic E-state index is 0.103. The number of urea groups is 1. The lowest BCUT2D eigenvalue weighted by atomic mass is 10.1. The maximum absolute atomic E-state index is 12.0. The second-order valence-electron chi connectivity index (χ2n) is 5.55. The zero-order valence-electron chi connectivity index (χ0n) is 13.6. The summed E-state index contributed by atoms with van der Waals surface area (Å²) in [6.45, 7) is -0.103. The standard InChI is InChI=1S/C18H17N3O4/c1-21-17(23)16(20-18(21)24)12-7-9-13(10-8-12)19-15(22)11-25-14-5-3-2-4-6-14/h2-10,16H,11H2,1H3,(H,19,22)(H,20,24). The molecule has 0 aromatic heterocycles. The van der Waals surface area contributed by atoms with Gasteiger partial charge < -0.3 is 15.4 Å². The van der Waals surface area contributed by atoms with E-state index >= 15 is 0 Å². The molecule has 3 rings (SSSR count). The molecular weight excluding hydrogens is 322 g/mol. The molecule has 0 aliphatic carbocycles. The zero-order valence-corrected chi connectivity index (χ0v) is 13.6. The third kappa shape index (κ3) is 3.77. The van der Waals surface area contributed by atoms with Gasteiger partial charge in [0.1, 0.15) is 11.8 Å². The lowest BCUT2D eigenvalue weighted by Crippen LogP contribution is -2.25. The van der Waals surface area contributed by atoms with Gasteiger partial charge in [-0.15, -0.1) is 0 Å². The van der Waals surface area contributed by atoms with Crippen LogP contribution in [0.4, 0.5) is 10.5 Å². The molecule has 7 nitrogen and oxygen atoms in total. The van der Waals surface area contributed by atoms with Crippen LogP contribution in [0.25, 0.3) is 0 Å². The van der Waals surface area contributed by atoms with E-state index in [1.807, 2.05) is 18.2 Å². The van der Waals surface area contributed by atoms with Gasteiger partial charge in [-0.05, 0) is 29.8 Å². The first-order chi connectivity index (χ1) is 12.0. The molecular formula is C18H17N3O4. The predicted molar refractivity (Wildman–Crippen MR) is 91.1 cm³/mol. The Bertz CT molecular complexity index is 790. The zero-order chi connectivity index (χ0) is 17.8. The number of para-hydroxylation sites is 1. The van der Waals surface area contributed by atoms with Crippen LogP contribution in [0.3, 0.4) is 0 Å². The van der Waals surface area contributed by atoms with Crippen molar-refractivity contribution in [2.45, 2.75) is 6.04 Å². The fourth-order valence-electron chi connectivity index (χ4n) is 2.42. The van der Waals surface area contributed by atoms with Gasteiger partial charge in [0.05, 0.1) is 0 Å². The molecule has 0 spiro atoms. The molecule has 1 unspecified atom stereocenters. The van der Waals surface area contributed by atoms with Gasteiger partial charge in [0.25, 0.3) is 11.8 Å². The highest BCUT2D eigenvalue weighted by molar-refractivity contribution is 6.04. The highest BCUT2D eigenvalue weighted by atomic mass is 16.5. The smallest absolute Gasteiger partial charge is 0.324 e. The number of imide groups is 1. The summed E-state index contributed by atoms with van der Waals surface area (Å²) in [4.78, 5) is 36.4. The number of hydrogen-bond donors (Lipinski definition) is 2. The molecule has 128 valence electrons. The second kappa shape index (κ2) is 7.04. The molecule has 2 N–H and O–H groups in total. The fraction of sp³-hybridized carbons (Fsp3) is 0.167. The van der Waals surface area contributed by atoms with Crippen molar-refractivity contribution in [2.24, 2.45) is 0 Å². The average Bonchev–Trinajstić information content (AvgIpc) is 2.89. The number of anilines is 1. The summed E-state index contributed by atoms with van der Waals surface area (Å²) in [6.07, 6.45) is 0. The summed E-state index contributed by atoms with van der Waals surface area (Å²) in [5.74, 6) is 0.0206. The minimum Gasteiger partial charge on any atom is -0.484 e. The molecule has 7 heteroatoms. The molecule has 1 fully saturated rings. The normalized spacial score (nSPS) is 16.5. The largest absolute Gasteiger partial charge is 0.484 e. The number of benzene rings is 2. The third-order valence-electron chi connectivity index (χ3n) is 3.79. The molecule has 1 atom stereocenters. The van der Waals surface area contributed by atoms with Crippen molar-refractivity contribution in [1.29, 1.82) is 0 Å². The maximum Gasteiger partial charge on any atom is 0.324 e. The minimum atomic E-state index is -0.691. The van der Waals surface area contributed by atoms with E-state index in [1.54, 1.807) is 36.4 Å². The van der Waals surface area contributed by atoms with Crippen molar-refractivity contribution >= 4 is 23.5 Å². The molecule has 0 saturated carbocycles. The Kier molecular flexibility index (Phi) is 4.65. The summed E-state index contributed by atoms with van der Waals surface area (Å²) in [7, 11) is 1.43. The van der Waals surface area contributed by atoms with E-state index in [0.29, 0.717) is 17.0 Å². The SMILES string of the molecule is CN1C(=O)NC(c2ccc(NC(=O)COc3ccccc3)cc2)C1=O. The average molecular weight is 339 g/mol. The summed E-state index contributed by atoms with van der Waals surface area (Å²) < 4.78 is 5.37. The lowest BCUT2D eigenvalue weighted by molar-refractivity contribution is -0.126. The molecule has 2 aromatic carbocycles. The van der Waals surface area contributed by atoms with Gasteiger partial charge in [0.15, 0.2) is 6.61 Å². The van der Waals surface area contributed by atoms with Crippen molar-refractivity contribution in [2.75, 3.05) is 19.0 Å². The van der Waals surface area contributed by atoms with Gasteiger partial charge in [-0.1, -0.05) is 30.3 Å². The third-order valence-corrected chi connectivity index (χ3v) is 3.79. The van der Waals surface area contributed by atoms with Crippen molar-refractivity contribution in [1.82, 2.24) is 10.2 Å². The van der Waals surface area contributed by atoms with Crippen LogP contribution in [0, 0.1) is 0 Å². The van der Waals surface area contributed by atoms with E-state index in [-0.39, 0.29) is 18.4 Å². The Labute approximate surface area is 144 Å². The van der Waals surface area contributed by atoms with Gasteiger partial charge >= 0.3 is 6.03 Å². The van der Waals surface area contributed by atoms with Gasteiger partial charge in [-0.25, -0.2) is 4.79 Å². The number of nitrogens with zero attached hydrogens (tertiary/aromatic N) is 1. The maximum atomic E-state index is 12.0. The highest BCUT2D eigenvalue weighted by Crippen LogP contribution is 2.22. The van der Waals surface area contributed by atoms with E-state index in [0.717, 1.165) is 4.90 Å². The second-order valence-corrected chi connectivity index (χ2v) is 5.55. The molecule has 4 amide bonds. The highest BCUT2D eigenvalue weighted by Gasteiger charge is 2.36. The van der Waals surface area contributed by atoms with Crippen LogP contribution in [-0.4, -0.2) is 36.4 Å². The van der Waals surface area contributed by atoms with Crippen molar-refractivity contribution in [3.05, 3.63) is 60.2 Å². The molecule has 0 bridgehead atoms. The van der Waals surface area contributed by atoms with Crippen LogP contribution >= 0.6 is 0 Å². The number of amides is 4. The summed E-state index contributed by atoms with van der Waals surface area (Å²) in [5, 5.41) is 5.31. The van der Waals surface area contributed by atoms with E-state index in [9.17, 15) is 14.4 Å². The number of likely N-dealkylation sites (N-methyl/N-ethyl adjacent to an activating group) is 1. The predicted octanol–water partition coefficient (Wildman–Crippen LogP) is 1.93. The van der Waals surface area contributed by atoms with Crippen molar-refractivity contribution in [3.63, 3.8) is 0 Å². The van der Waals surface area contributed by atoms with E-state index in [2.05, 4.69) is 10.6 Å². The quantitative estimate of drug-likeness (QED) is 0.815. The molecule has 0 radical (unpaired) electrons. The lowest BCUT2D eigenvalue weighted by Gasteiger charge is -2.10. The van der Waals surface area contributed by atoms with Crippen LogP contribution in [0.2, 0.25) is 0 Å². The molecule has 1 aliphatic rings. The molecule has 25 heavy (non-hydrogen) atoms. The van der Waals surface area contributed by atoms with Crippen molar-refractivity contribution < 1.29 is 19.1 Å². The molecule has 1 aliphatic heterocycles. The van der Waals surface area contributed by atoms with Crippen LogP contribution in [0.1, 0.15) is 11.6 Å². The topological polar surface area (TPSA) is 87.7 Å². The number of carbonyl (C=O) groups excluding carboxylic acids is 3. The number of nitrogens with one attached hydrogen (secondary N) is 2. The van der Waals surface area contributed by atoms with Gasteiger partial charge in [0.2, 0.25) is 0 Å². The van der Waals surface area contributed by atoms with Gasteiger partial charge in [0, 0.05) is 12.7 Å². The molecule has 1 saturated heterocycles. The van der Waals surface area contributed by atoms with Crippen LogP contribution in [0.5, 0.6) is 5.75 Å². The molecule has 1 heterocycles. The Hall–Kier alpha value is -3.35. The van der Waals surface area contributed by atoms with Gasteiger partial charge in [-0.3, -0.25) is 14.5 Å². The van der Waals surface area contributed by atoms with Gasteiger partial charge in [-0.2, -0.15) is 0 Å². The Morgan fingerprint density at radius 3 is 2.40 bits per heavy atom.